The Hall–Kier alpha value is -2.48. The SMILES string of the molecule is c1ccc2c(c1)cc1n2Cc2cc3ccccc3n2C1. The van der Waals surface area contributed by atoms with Crippen LogP contribution in [-0.2, 0) is 13.1 Å². The van der Waals surface area contributed by atoms with Gasteiger partial charge >= 0.3 is 0 Å². The van der Waals surface area contributed by atoms with Crippen LogP contribution in [0.5, 0.6) is 0 Å². The zero-order chi connectivity index (χ0) is 13.1. The molecule has 0 saturated carbocycles. The number of rotatable bonds is 0. The first-order valence-corrected chi connectivity index (χ1v) is 7.04. The second-order valence-electron chi connectivity index (χ2n) is 5.56. The van der Waals surface area contributed by atoms with Crippen molar-refractivity contribution in [3.63, 3.8) is 0 Å². The van der Waals surface area contributed by atoms with E-state index in [-0.39, 0.29) is 0 Å². The predicted octanol–water partition coefficient (Wildman–Crippen LogP) is 4.01. The maximum Gasteiger partial charge on any atom is 0.0632 e. The van der Waals surface area contributed by atoms with Gasteiger partial charge in [0.1, 0.15) is 0 Å². The second kappa shape index (κ2) is 3.54. The van der Waals surface area contributed by atoms with Crippen LogP contribution in [0.25, 0.3) is 21.8 Å². The molecule has 96 valence electrons. The van der Waals surface area contributed by atoms with Gasteiger partial charge in [0.25, 0.3) is 0 Å². The van der Waals surface area contributed by atoms with E-state index < -0.39 is 0 Å². The summed E-state index contributed by atoms with van der Waals surface area (Å²) in [6.45, 7) is 1.94. The van der Waals surface area contributed by atoms with Gasteiger partial charge in [-0.05, 0) is 35.0 Å². The van der Waals surface area contributed by atoms with E-state index >= 15 is 0 Å². The van der Waals surface area contributed by atoms with Gasteiger partial charge < -0.3 is 9.13 Å². The molecule has 0 atom stereocenters. The minimum Gasteiger partial charge on any atom is -0.337 e. The molecule has 2 heteroatoms. The molecule has 0 N–H and O–H groups in total. The van der Waals surface area contributed by atoms with Crippen molar-refractivity contribution in [1.29, 1.82) is 0 Å². The molecular weight excluding hydrogens is 244 g/mol. The molecule has 0 bridgehead atoms. The summed E-state index contributed by atoms with van der Waals surface area (Å²) >= 11 is 0. The molecule has 4 aromatic rings. The lowest BCUT2D eigenvalue weighted by atomic mass is 10.2. The Morgan fingerprint density at radius 2 is 1.05 bits per heavy atom. The summed E-state index contributed by atoms with van der Waals surface area (Å²) in [5, 5.41) is 2.69. The number of fused-ring (bicyclic) bond motifs is 6. The number of para-hydroxylation sites is 2. The fourth-order valence-electron chi connectivity index (χ4n) is 3.49. The van der Waals surface area contributed by atoms with Crippen LogP contribution in [0.3, 0.4) is 0 Å². The smallest absolute Gasteiger partial charge is 0.0632 e. The van der Waals surface area contributed by atoms with Crippen molar-refractivity contribution in [3.8, 4) is 0 Å². The molecule has 1 aliphatic rings. The Kier molecular flexibility index (Phi) is 1.83. The molecule has 2 nitrogen and oxygen atoms in total. The Labute approximate surface area is 116 Å². The van der Waals surface area contributed by atoms with E-state index in [0.29, 0.717) is 0 Å². The summed E-state index contributed by atoms with van der Waals surface area (Å²) in [5.74, 6) is 0. The third kappa shape index (κ3) is 1.23. The van der Waals surface area contributed by atoms with Crippen LogP contribution in [-0.4, -0.2) is 9.13 Å². The molecule has 0 fully saturated rings. The van der Waals surface area contributed by atoms with Crippen LogP contribution in [0.4, 0.5) is 0 Å². The summed E-state index contributed by atoms with van der Waals surface area (Å²) in [4.78, 5) is 0. The van der Waals surface area contributed by atoms with Gasteiger partial charge in [0.15, 0.2) is 0 Å². The van der Waals surface area contributed by atoms with E-state index in [1.807, 2.05) is 0 Å². The van der Waals surface area contributed by atoms with Crippen molar-refractivity contribution in [1.82, 2.24) is 9.13 Å². The van der Waals surface area contributed by atoms with Crippen molar-refractivity contribution in [2.75, 3.05) is 0 Å². The van der Waals surface area contributed by atoms with E-state index in [1.165, 1.54) is 33.2 Å². The predicted molar refractivity (Wildman–Crippen MR) is 82.1 cm³/mol. The molecule has 2 aromatic carbocycles. The Morgan fingerprint density at radius 1 is 0.600 bits per heavy atom. The number of hydrogen-bond donors (Lipinski definition) is 0. The van der Waals surface area contributed by atoms with Gasteiger partial charge in [-0.25, -0.2) is 0 Å². The quantitative estimate of drug-likeness (QED) is 0.397. The third-order valence-electron chi connectivity index (χ3n) is 4.43. The van der Waals surface area contributed by atoms with Crippen molar-refractivity contribution in [2.45, 2.75) is 13.1 Å². The second-order valence-corrected chi connectivity index (χ2v) is 5.56. The zero-order valence-corrected chi connectivity index (χ0v) is 11.1. The highest BCUT2D eigenvalue weighted by Crippen LogP contribution is 2.29. The lowest BCUT2D eigenvalue weighted by molar-refractivity contribution is 0.615. The molecule has 0 unspecified atom stereocenters. The topological polar surface area (TPSA) is 9.86 Å². The summed E-state index contributed by atoms with van der Waals surface area (Å²) in [7, 11) is 0. The highest BCUT2D eigenvalue weighted by Gasteiger charge is 2.19. The zero-order valence-electron chi connectivity index (χ0n) is 11.1. The Balaban J connectivity index is 1.79. The molecule has 20 heavy (non-hydrogen) atoms. The first kappa shape index (κ1) is 10.3. The minimum absolute atomic E-state index is 0.970. The minimum atomic E-state index is 0.970. The van der Waals surface area contributed by atoms with Crippen molar-refractivity contribution < 1.29 is 0 Å². The summed E-state index contributed by atoms with van der Waals surface area (Å²) < 4.78 is 4.90. The summed E-state index contributed by atoms with van der Waals surface area (Å²) in [6, 6.07) is 22.0. The van der Waals surface area contributed by atoms with Gasteiger partial charge in [-0.15, -0.1) is 0 Å². The van der Waals surface area contributed by atoms with E-state index in [1.54, 1.807) is 0 Å². The third-order valence-corrected chi connectivity index (χ3v) is 4.43. The van der Waals surface area contributed by atoms with Crippen LogP contribution >= 0.6 is 0 Å². The van der Waals surface area contributed by atoms with Gasteiger partial charge in [-0.1, -0.05) is 36.4 Å². The van der Waals surface area contributed by atoms with Crippen LogP contribution < -0.4 is 0 Å². The van der Waals surface area contributed by atoms with Crippen molar-refractivity contribution >= 4 is 21.8 Å². The van der Waals surface area contributed by atoms with E-state index in [0.717, 1.165) is 13.1 Å². The average Bonchev–Trinajstić information content (AvgIpc) is 3.02. The van der Waals surface area contributed by atoms with Gasteiger partial charge in [-0.3, -0.25) is 0 Å². The molecule has 3 heterocycles. The molecule has 0 radical (unpaired) electrons. The number of benzene rings is 2. The van der Waals surface area contributed by atoms with Crippen LogP contribution in [0.1, 0.15) is 11.4 Å². The molecule has 0 aliphatic carbocycles. The maximum atomic E-state index is 2.45. The van der Waals surface area contributed by atoms with Crippen LogP contribution in [0.15, 0.2) is 60.7 Å². The highest BCUT2D eigenvalue weighted by molar-refractivity contribution is 5.84. The molecule has 0 spiro atoms. The van der Waals surface area contributed by atoms with Crippen LogP contribution in [0.2, 0.25) is 0 Å². The normalized spacial score (nSPS) is 13.6. The molecule has 5 rings (SSSR count). The largest absolute Gasteiger partial charge is 0.337 e. The fourth-order valence-corrected chi connectivity index (χ4v) is 3.49. The Bertz CT molecular complexity index is 876. The number of nitrogens with zero attached hydrogens (tertiary/aromatic N) is 2. The lowest BCUT2D eigenvalue weighted by Crippen LogP contribution is -2.17. The van der Waals surface area contributed by atoms with Gasteiger partial charge in [-0.2, -0.15) is 0 Å². The van der Waals surface area contributed by atoms with Gasteiger partial charge in [0.05, 0.1) is 13.1 Å². The monoisotopic (exact) mass is 258 g/mol. The maximum absolute atomic E-state index is 2.45. The molecule has 0 amide bonds. The first-order valence-electron chi connectivity index (χ1n) is 7.04. The summed E-state index contributed by atoms with van der Waals surface area (Å²) in [6.07, 6.45) is 0. The molecule has 2 aromatic heterocycles. The van der Waals surface area contributed by atoms with Crippen molar-refractivity contribution in [2.24, 2.45) is 0 Å². The van der Waals surface area contributed by atoms with E-state index in [4.69, 9.17) is 0 Å². The average molecular weight is 258 g/mol. The highest BCUT2D eigenvalue weighted by atomic mass is 15.1. The Morgan fingerprint density at radius 3 is 1.55 bits per heavy atom. The van der Waals surface area contributed by atoms with E-state index in [9.17, 15) is 0 Å². The fraction of sp³-hybridized carbons (Fsp3) is 0.111. The first-order chi connectivity index (χ1) is 9.90. The molecule has 0 saturated heterocycles. The van der Waals surface area contributed by atoms with Crippen molar-refractivity contribution in [3.05, 3.63) is 72.1 Å². The lowest BCUT2D eigenvalue weighted by Gasteiger charge is -2.20. The molecule has 1 aliphatic heterocycles. The van der Waals surface area contributed by atoms with Gasteiger partial charge in [0.2, 0.25) is 0 Å². The number of hydrogen-bond acceptors (Lipinski definition) is 0. The molecular formula is C18H14N2. The standard InChI is InChI=1S/C18H14N2/c1-3-7-17-13(5-1)9-15-11-20-16(12-19(15)17)10-14-6-2-4-8-18(14)20/h1-10H,11-12H2. The van der Waals surface area contributed by atoms with Crippen LogP contribution in [0, 0.1) is 0 Å². The van der Waals surface area contributed by atoms with E-state index in [2.05, 4.69) is 69.8 Å². The summed E-state index contributed by atoms with van der Waals surface area (Å²) in [5.41, 5.74) is 5.50. The van der Waals surface area contributed by atoms with Gasteiger partial charge in [0, 0.05) is 22.4 Å². The number of aromatic nitrogens is 2.